The third-order valence-electron chi connectivity index (χ3n) is 3.84. The first-order valence-corrected chi connectivity index (χ1v) is 7.48. The van der Waals surface area contributed by atoms with Gasteiger partial charge >= 0.3 is 0 Å². The zero-order chi connectivity index (χ0) is 12.9. The third-order valence-corrected chi connectivity index (χ3v) is 3.84. The van der Waals surface area contributed by atoms with Crippen molar-refractivity contribution < 1.29 is 0 Å². The van der Waals surface area contributed by atoms with Crippen molar-refractivity contribution in [2.24, 2.45) is 5.41 Å². The molecule has 0 aliphatic heterocycles. The maximum absolute atomic E-state index is 3.63. The van der Waals surface area contributed by atoms with Gasteiger partial charge in [-0.3, -0.25) is 0 Å². The van der Waals surface area contributed by atoms with Crippen LogP contribution in [0.5, 0.6) is 0 Å². The van der Waals surface area contributed by atoms with Gasteiger partial charge in [-0.2, -0.15) is 0 Å². The van der Waals surface area contributed by atoms with Gasteiger partial charge in [-0.25, -0.2) is 0 Å². The SMILES string of the molecule is CCCC(C)(CNC(C)C)CN(CC)C1CC1. The predicted octanol–water partition coefficient (Wildman–Crippen LogP) is 3.28. The second kappa shape index (κ2) is 6.75. The Morgan fingerprint density at radius 3 is 2.35 bits per heavy atom. The lowest BCUT2D eigenvalue weighted by molar-refractivity contribution is 0.145. The highest BCUT2D eigenvalue weighted by molar-refractivity contribution is 4.89. The van der Waals surface area contributed by atoms with Crippen molar-refractivity contribution in [3.8, 4) is 0 Å². The molecule has 1 atom stereocenters. The number of nitrogens with zero attached hydrogens (tertiary/aromatic N) is 1. The summed E-state index contributed by atoms with van der Waals surface area (Å²) in [4.78, 5) is 2.69. The van der Waals surface area contributed by atoms with Gasteiger partial charge in [0, 0.05) is 25.2 Å². The summed E-state index contributed by atoms with van der Waals surface area (Å²) in [6, 6.07) is 1.50. The lowest BCUT2D eigenvalue weighted by Crippen LogP contribution is -2.44. The zero-order valence-electron chi connectivity index (χ0n) is 12.6. The average Bonchev–Trinajstić information content (AvgIpc) is 3.08. The molecule has 0 saturated heterocycles. The monoisotopic (exact) mass is 240 g/mol. The van der Waals surface area contributed by atoms with E-state index in [1.807, 2.05) is 0 Å². The normalized spacial score (nSPS) is 19.9. The molecule has 1 saturated carbocycles. The van der Waals surface area contributed by atoms with Crippen molar-refractivity contribution in [2.45, 2.75) is 72.4 Å². The van der Waals surface area contributed by atoms with E-state index in [9.17, 15) is 0 Å². The Morgan fingerprint density at radius 2 is 1.94 bits per heavy atom. The van der Waals surface area contributed by atoms with Crippen LogP contribution in [0.2, 0.25) is 0 Å². The van der Waals surface area contributed by atoms with E-state index in [0.717, 1.165) is 12.6 Å². The van der Waals surface area contributed by atoms with Crippen LogP contribution < -0.4 is 5.32 Å². The highest BCUT2D eigenvalue weighted by Crippen LogP contribution is 2.32. The van der Waals surface area contributed by atoms with Crippen LogP contribution in [0.4, 0.5) is 0 Å². The molecule has 1 N–H and O–H groups in total. The van der Waals surface area contributed by atoms with Crippen LogP contribution in [-0.2, 0) is 0 Å². The van der Waals surface area contributed by atoms with Crippen LogP contribution in [0, 0.1) is 5.41 Å². The largest absolute Gasteiger partial charge is 0.314 e. The summed E-state index contributed by atoms with van der Waals surface area (Å²) < 4.78 is 0. The Morgan fingerprint density at radius 1 is 1.29 bits per heavy atom. The molecule has 2 nitrogen and oxygen atoms in total. The summed E-state index contributed by atoms with van der Waals surface area (Å²) in [6.07, 6.45) is 5.47. The quantitative estimate of drug-likeness (QED) is 0.665. The second-order valence-corrected chi connectivity index (χ2v) is 6.39. The van der Waals surface area contributed by atoms with Crippen LogP contribution in [0.15, 0.2) is 0 Å². The summed E-state index contributed by atoms with van der Waals surface area (Å²) in [7, 11) is 0. The van der Waals surface area contributed by atoms with E-state index in [2.05, 4.69) is 44.8 Å². The van der Waals surface area contributed by atoms with E-state index in [0.29, 0.717) is 11.5 Å². The minimum absolute atomic E-state index is 0.442. The van der Waals surface area contributed by atoms with E-state index in [-0.39, 0.29) is 0 Å². The van der Waals surface area contributed by atoms with Gasteiger partial charge in [0.1, 0.15) is 0 Å². The molecule has 102 valence electrons. The fourth-order valence-electron chi connectivity index (χ4n) is 2.71. The first-order valence-electron chi connectivity index (χ1n) is 7.48. The van der Waals surface area contributed by atoms with Gasteiger partial charge in [0.05, 0.1) is 0 Å². The predicted molar refractivity (Wildman–Crippen MR) is 76.4 cm³/mol. The standard InChI is InChI=1S/C15H32N2/c1-6-10-15(5,11-16-13(3)4)12-17(7-2)14-8-9-14/h13-14,16H,6-12H2,1-5H3. The Hall–Kier alpha value is -0.0800. The topological polar surface area (TPSA) is 15.3 Å². The molecule has 0 aromatic heterocycles. The molecule has 0 bridgehead atoms. The number of hydrogen-bond acceptors (Lipinski definition) is 2. The summed E-state index contributed by atoms with van der Waals surface area (Å²) >= 11 is 0. The fraction of sp³-hybridized carbons (Fsp3) is 1.00. The molecular weight excluding hydrogens is 208 g/mol. The molecule has 0 heterocycles. The van der Waals surface area contributed by atoms with Gasteiger partial charge in [0.25, 0.3) is 0 Å². The minimum Gasteiger partial charge on any atom is -0.314 e. The Labute approximate surface area is 108 Å². The van der Waals surface area contributed by atoms with Gasteiger partial charge in [0.2, 0.25) is 0 Å². The molecular formula is C15H32N2. The number of nitrogens with one attached hydrogen (secondary N) is 1. The smallest absolute Gasteiger partial charge is 0.00965 e. The lowest BCUT2D eigenvalue weighted by atomic mass is 9.84. The highest BCUT2D eigenvalue weighted by atomic mass is 15.2. The Bertz CT molecular complexity index is 211. The van der Waals surface area contributed by atoms with E-state index in [1.165, 1.54) is 38.8 Å². The highest BCUT2D eigenvalue weighted by Gasteiger charge is 2.33. The zero-order valence-corrected chi connectivity index (χ0v) is 12.6. The molecule has 0 spiro atoms. The molecule has 1 fully saturated rings. The molecule has 0 amide bonds. The van der Waals surface area contributed by atoms with E-state index >= 15 is 0 Å². The van der Waals surface area contributed by atoms with Crippen LogP contribution in [0.3, 0.4) is 0 Å². The van der Waals surface area contributed by atoms with Gasteiger partial charge in [-0.05, 0) is 31.2 Å². The maximum Gasteiger partial charge on any atom is 0.00965 e. The molecule has 0 aromatic carbocycles. The summed E-state index contributed by atoms with van der Waals surface area (Å²) in [6.45, 7) is 15.2. The molecule has 0 radical (unpaired) electrons. The fourth-order valence-corrected chi connectivity index (χ4v) is 2.71. The first-order chi connectivity index (χ1) is 8.00. The van der Waals surface area contributed by atoms with E-state index < -0.39 is 0 Å². The molecule has 1 aliphatic carbocycles. The molecule has 17 heavy (non-hydrogen) atoms. The van der Waals surface area contributed by atoms with Crippen molar-refractivity contribution in [1.29, 1.82) is 0 Å². The van der Waals surface area contributed by atoms with Crippen LogP contribution in [0.25, 0.3) is 0 Å². The van der Waals surface area contributed by atoms with Crippen molar-refractivity contribution in [3.05, 3.63) is 0 Å². The minimum atomic E-state index is 0.442. The second-order valence-electron chi connectivity index (χ2n) is 6.39. The van der Waals surface area contributed by atoms with E-state index in [1.54, 1.807) is 0 Å². The van der Waals surface area contributed by atoms with Crippen LogP contribution in [0.1, 0.15) is 60.3 Å². The van der Waals surface area contributed by atoms with Gasteiger partial charge in [-0.1, -0.05) is 41.0 Å². The third kappa shape index (κ3) is 5.39. The summed E-state index contributed by atoms with van der Waals surface area (Å²) in [5.74, 6) is 0. The molecule has 0 aromatic rings. The van der Waals surface area contributed by atoms with E-state index in [4.69, 9.17) is 0 Å². The molecule has 2 heteroatoms. The van der Waals surface area contributed by atoms with Gasteiger partial charge in [0.15, 0.2) is 0 Å². The summed E-state index contributed by atoms with van der Waals surface area (Å²) in [5, 5.41) is 3.63. The van der Waals surface area contributed by atoms with Crippen molar-refractivity contribution in [1.82, 2.24) is 10.2 Å². The van der Waals surface area contributed by atoms with Crippen molar-refractivity contribution in [3.63, 3.8) is 0 Å². The van der Waals surface area contributed by atoms with Crippen molar-refractivity contribution >= 4 is 0 Å². The number of hydrogen-bond donors (Lipinski definition) is 1. The average molecular weight is 240 g/mol. The molecule has 1 rings (SSSR count). The molecule has 1 unspecified atom stereocenters. The van der Waals surface area contributed by atoms with Gasteiger partial charge in [-0.15, -0.1) is 0 Å². The van der Waals surface area contributed by atoms with Crippen LogP contribution >= 0.6 is 0 Å². The van der Waals surface area contributed by atoms with Crippen molar-refractivity contribution in [2.75, 3.05) is 19.6 Å². The molecule has 1 aliphatic rings. The first kappa shape index (κ1) is 15.0. The number of rotatable bonds is 9. The van der Waals surface area contributed by atoms with Gasteiger partial charge < -0.3 is 10.2 Å². The Balaban J connectivity index is 2.48. The Kier molecular flexibility index (Phi) is 5.94. The lowest BCUT2D eigenvalue weighted by Gasteiger charge is -2.36. The maximum atomic E-state index is 3.63. The summed E-state index contributed by atoms with van der Waals surface area (Å²) in [5.41, 5.74) is 0.442. The van der Waals surface area contributed by atoms with Crippen LogP contribution in [-0.4, -0.2) is 36.6 Å².